The summed E-state index contributed by atoms with van der Waals surface area (Å²) in [6.45, 7) is 2.82. The molecule has 9 nitrogen and oxygen atoms in total. The number of hydrogen-bond donors (Lipinski definition) is 2. The van der Waals surface area contributed by atoms with E-state index in [1.165, 1.54) is 12.5 Å². The van der Waals surface area contributed by atoms with Crippen LogP contribution in [-0.2, 0) is 21.7 Å². The Hall–Kier alpha value is -2.78. The molecule has 3 atom stereocenters. The summed E-state index contributed by atoms with van der Waals surface area (Å²) in [5, 5.41) is 6.80. The van der Waals surface area contributed by atoms with E-state index in [2.05, 4.69) is 25.5 Å². The molecule has 3 unspecified atom stereocenters. The van der Waals surface area contributed by atoms with E-state index in [9.17, 15) is 22.2 Å². The van der Waals surface area contributed by atoms with E-state index in [1.807, 2.05) is 12.1 Å². The standard InChI is InChI=1S/C26H24ClF3N6O3S2/c27-18-6-15(35-9-13-5-14(10-35)32-13)1-2-19(18)33-25-31-8-17(26(28,29)30)22(34-25)20-7-21-23(40-20)24(37)36(3-4-41(21)38)16-11-39-12-16/h1-2,6-8,13-14,16,32H,3-5,9-12H2,(H,31,33,34). The molecule has 5 aliphatic heterocycles. The van der Waals surface area contributed by atoms with Gasteiger partial charge in [0.05, 0.1) is 56.2 Å². The van der Waals surface area contributed by atoms with Gasteiger partial charge in [-0.3, -0.25) is 9.00 Å². The monoisotopic (exact) mass is 624 g/mol. The Morgan fingerprint density at radius 1 is 1.20 bits per heavy atom. The van der Waals surface area contributed by atoms with Crippen LogP contribution in [0.2, 0.25) is 5.02 Å². The fourth-order valence-corrected chi connectivity index (χ4v) is 8.41. The van der Waals surface area contributed by atoms with Crippen molar-refractivity contribution >= 4 is 57.0 Å². The number of rotatable bonds is 5. The van der Waals surface area contributed by atoms with Gasteiger partial charge in [0.25, 0.3) is 5.91 Å². The summed E-state index contributed by atoms with van der Waals surface area (Å²) in [6, 6.07) is 7.66. The van der Waals surface area contributed by atoms with E-state index in [4.69, 9.17) is 16.3 Å². The lowest BCUT2D eigenvalue weighted by molar-refractivity contribution is -0.137. The van der Waals surface area contributed by atoms with Crippen LogP contribution in [0.1, 0.15) is 21.7 Å². The van der Waals surface area contributed by atoms with Gasteiger partial charge < -0.3 is 25.2 Å². The second-order valence-electron chi connectivity index (χ2n) is 10.5. The maximum absolute atomic E-state index is 14.1. The highest BCUT2D eigenvalue weighted by atomic mass is 35.5. The molecular formula is C26H24ClF3N6O3S2. The minimum Gasteiger partial charge on any atom is -0.377 e. The summed E-state index contributed by atoms with van der Waals surface area (Å²) < 4.78 is 60.4. The van der Waals surface area contributed by atoms with E-state index >= 15 is 0 Å². The molecule has 0 saturated carbocycles. The van der Waals surface area contributed by atoms with Crippen molar-refractivity contribution < 1.29 is 26.9 Å². The van der Waals surface area contributed by atoms with Gasteiger partial charge in [0.15, 0.2) is 0 Å². The minimum atomic E-state index is -4.75. The van der Waals surface area contributed by atoms with Crippen LogP contribution < -0.4 is 15.5 Å². The number of nitrogens with one attached hydrogen (secondary N) is 2. The lowest BCUT2D eigenvalue weighted by atomic mass is 9.91. The number of benzene rings is 1. The molecule has 1 amide bonds. The number of amides is 1. The molecule has 216 valence electrons. The molecule has 2 N–H and O–H groups in total. The van der Waals surface area contributed by atoms with Crippen molar-refractivity contribution in [3.63, 3.8) is 0 Å². The minimum absolute atomic E-state index is 0.0832. The highest BCUT2D eigenvalue weighted by Gasteiger charge is 2.40. The van der Waals surface area contributed by atoms with Crippen molar-refractivity contribution in [2.24, 2.45) is 0 Å². The van der Waals surface area contributed by atoms with Gasteiger partial charge in [-0.25, -0.2) is 9.97 Å². The highest BCUT2D eigenvalue weighted by Crippen LogP contribution is 2.42. The summed E-state index contributed by atoms with van der Waals surface area (Å²) in [5.74, 6) is -0.252. The zero-order valence-electron chi connectivity index (χ0n) is 21.4. The molecule has 0 aliphatic carbocycles. The van der Waals surface area contributed by atoms with E-state index in [1.54, 1.807) is 11.0 Å². The lowest BCUT2D eigenvalue weighted by Gasteiger charge is -2.49. The molecule has 0 spiro atoms. The molecule has 41 heavy (non-hydrogen) atoms. The van der Waals surface area contributed by atoms with Crippen LogP contribution in [0.5, 0.6) is 0 Å². The summed E-state index contributed by atoms with van der Waals surface area (Å²) >= 11 is 7.42. The zero-order valence-corrected chi connectivity index (χ0v) is 23.8. The zero-order chi connectivity index (χ0) is 28.5. The van der Waals surface area contributed by atoms with Crippen molar-refractivity contribution in [1.82, 2.24) is 20.2 Å². The maximum Gasteiger partial charge on any atom is 0.420 e. The number of halogens is 4. The van der Waals surface area contributed by atoms with Crippen LogP contribution >= 0.6 is 22.9 Å². The highest BCUT2D eigenvalue weighted by molar-refractivity contribution is 7.85. The first-order valence-corrected chi connectivity index (χ1v) is 15.6. The van der Waals surface area contributed by atoms with Crippen LogP contribution in [0.4, 0.5) is 30.5 Å². The number of fused-ring (bicyclic) bond motifs is 3. The maximum atomic E-state index is 14.1. The molecule has 0 radical (unpaired) electrons. The number of ether oxygens (including phenoxy) is 1. The smallest absolute Gasteiger partial charge is 0.377 e. The molecule has 5 aliphatic rings. The Morgan fingerprint density at radius 2 is 1.95 bits per heavy atom. The third kappa shape index (κ3) is 4.99. The normalized spacial score (nSPS) is 24.4. The second kappa shape index (κ2) is 10.2. The summed E-state index contributed by atoms with van der Waals surface area (Å²) in [7, 11) is -1.55. The van der Waals surface area contributed by atoms with E-state index in [-0.39, 0.29) is 38.3 Å². The van der Waals surface area contributed by atoms with Crippen molar-refractivity contribution in [3.05, 3.63) is 45.9 Å². The molecule has 15 heteroatoms. The molecule has 7 heterocycles. The topological polar surface area (TPSA) is 99.7 Å². The van der Waals surface area contributed by atoms with Gasteiger partial charge in [0, 0.05) is 49.4 Å². The number of hydrogen-bond acceptors (Lipinski definition) is 9. The molecule has 1 aromatic carbocycles. The van der Waals surface area contributed by atoms with Crippen molar-refractivity contribution in [3.8, 4) is 10.6 Å². The van der Waals surface area contributed by atoms with E-state index < -0.39 is 28.2 Å². The molecule has 2 bridgehead atoms. The number of piperidine rings is 1. The molecular weight excluding hydrogens is 601 g/mol. The largest absolute Gasteiger partial charge is 0.420 e. The Kier molecular flexibility index (Phi) is 6.73. The number of thiophene rings is 1. The summed E-state index contributed by atoms with van der Waals surface area (Å²) in [6.07, 6.45) is -2.87. The van der Waals surface area contributed by atoms with Gasteiger partial charge in [-0.05, 0) is 30.7 Å². The molecule has 3 aromatic rings. The van der Waals surface area contributed by atoms with Gasteiger partial charge in [0.1, 0.15) is 10.4 Å². The average Bonchev–Trinajstić information content (AvgIpc) is 3.31. The SMILES string of the molecule is O=C1c2sc(-c3nc(Nc4ccc(N5CC6CC(C5)N6)cc4Cl)ncc3C(F)(F)F)cc2S(=O)CCN1C1COC1. The van der Waals surface area contributed by atoms with Gasteiger partial charge in [-0.2, -0.15) is 13.2 Å². The fraction of sp³-hybridized carbons (Fsp3) is 0.423. The van der Waals surface area contributed by atoms with Crippen LogP contribution in [0.3, 0.4) is 0 Å². The van der Waals surface area contributed by atoms with Gasteiger partial charge >= 0.3 is 6.18 Å². The van der Waals surface area contributed by atoms with Crippen LogP contribution in [0, 0.1) is 0 Å². The van der Waals surface area contributed by atoms with Crippen LogP contribution in [0.15, 0.2) is 35.4 Å². The molecule has 4 saturated heterocycles. The van der Waals surface area contributed by atoms with E-state index in [0.29, 0.717) is 48.7 Å². The Morgan fingerprint density at radius 3 is 2.61 bits per heavy atom. The second-order valence-corrected chi connectivity index (χ2v) is 13.5. The summed E-state index contributed by atoms with van der Waals surface area (Å²) in [5.41, 5.74) is -0.0473. The lowest BCUT2D eigenvalue weighted by Crippen LogP contribution is -2.67. The number of nitrogens with zero attached hydrogens (tertiary/aromatic N) is 4. The predicted octanol–water partition coefficient (Wildman–Crippen LogP) is 4.13. The van der Waals surface area contributed by atoms with Gasteiger partial charge in [-0.1, -0.05) is 11.6 Å². The van der Waals surface area contributed by atoms with E-state index in [0.717, 1.165) is 30.1 Å². The van der Waals surface area contributed by atoms with Crippen molar-refractivity contribution in [1.29, 1.82) is 0 Å². The molecule has 2 aromatic heterocycles. The number of piperazine rings is 1. The molecule has 8 rings (SSSR count). The predicted molar refractivity (Wildman–Crippen MR) is 150 cm³/mol. The van der Waals surface area contributed by atoms with Gasteiger partial charge in [-0.15, -0.1) is 11.3 Å². The first-order chi connectivity index (χ1) is 19.6. The fourth-order valence-electron chi connectivity index (χ4n) is 5.57. The Balaban J connectivity index is 1.20. The van der Waals surface area contributed by atoms with Crippen LogP contribution in [-0.4, -0.2) is 81.7 Å². The Bertz CT molecular complexity index is 1550. The number of carbonyl (C=O) groups is 1. The summed E-state index contributed by atoms with van der Waals surface area (Å²) in [4.78, 5) is 25.8. The first kappa shape index (κ1) is 27.1. The quantitative estimate of drug-likeness (QED) is 0.437. The molecule has 4 fully saturated rings. The average molecular weight is 625 g/mol. The van der Waals surface area contributed by atoms with Gasteiger partial charge in [0.2, 0.25) is 5.95 Å². The number of anilines is 3. The number of carbonyl (C=O) groups excluding carboxylic acids is 1. The van der Waals surface area contributed by atoms with Crippen molar-refractivity contribution in [2.45, 2.75) is 35.6 Å². The third-order valence-electron chi connectivity index (χ3n) is 7.79. The third-order valence-corrected chi connectivity index (χ3v) is 10.7. The first-order valence-electron chi connectivity index (χ1n) is 13.1. The van der Waals surface area contributed by atoms with Crippen LogP contribution in [0.25, 0.3) is 10.6 Å². The van der Waals surface area contributed by atoms with Crippen molar-refractivity contribution in [2.75, 3.05) is 48.8 Å². The Labute approximate surface area is 244 Å². The number of aromatic nitrogens is 2. The number of alkyl halides is 3.